The number of nitrogens with one attached hydrogen (secondary N) is 2. The van der Waals surface area contributed by atoms with Gasteiger partial charge in [0.15, 0.2) is 6.23 Å². The highest BCUT2D eigenvalue weighted by molar-refractivity contribution is 5.80. The molecule has 31 heavy (non-hydrogen) atoms. The van der Waals surface area contributed by atoms with Gasteiger partial charge in [-0.2, -0.15) is 0 Å². The van der Waals surface area contributed by atoms with E-state index >= 15 is 0 Å². The zero-order chi connectivity index (χ0) is 21.6. The van der Waals surface area contributed by atoms with Crippen molar-refractivity contribution in [2.75, 3.05) is 36.5 Å². The molecule has 8 nitrogen and oxygen atoms in total. The number of hydrogen-bond donors (Lipinski definition) is 4. The van der Waals surface area contributed by atoms with Crippen LogP contribution in [0.5, 0.6) is 5.75 Å². The molecule has 2 aromatic carbocycles. The number of hydrogen-bond acceptors (Lipinski definition) is 7. The van der Waals surface area contributed by atoms with Crippen LogP contribution in [0.2, 0.25) is 0 Å². The summed E-state index contributed by atoms with van der Waals surface area (Å²) in [7, 11) is 0. The first-order chi connectivity index (χ1) is 14.9. The van der Waals surface area contributed by atoms with E-state index in [1.54, 1.807) is 0 Å². The zero-order valence-electron chi connectivity index (χ0n) is 17.8. The van der Waals surface area contributed by atoms with Crippen LogP contribution in [-0.4, -0.2) is 52.1 Å². The van der Waals surface area contributed by atoms with Crippen LogP contribution in [0.1, 0.15) is 37.0 Å². The number of para-hydroxylation sites is 1. The van der Waals surface area contributed by atoms with Gasteiger partial charge in [0.05, 0.1) is 35.6 Å². The van der Waals surface area contributed by atoms with Gasteiger partial charge in [0, 0.05) is 36.7 Å². The number of nitrogens with zero attached hydrogens (tertiary/aromatic N) is 2. The molecule has 0 spiro atoms. The Balaban J connectivity index is 1.51. The van der Waals surface area contributed by atoms with Crippen molar-refractivity contribution in [2.45, 2.75) is 38.7 Å². The lowest BCUT2D eigenvalue weighted by Gasteiger charge is -2.31. The fraction of sp³-hybridized carbons (Fsp3) is 0.435. The Morgan fingerprint density at radius 2 is 2.06 bits per heavy atom. The summed E-state index contributed by atoms with van der Waals surface area (Å²) < 4.78 is 11.7. The van der Waals surface area contributed by atoms with Crippen molar-refractivity contribution in [3.05, 3.63) is 47.3 Å². The van der Waals surface area contributed by atoms with Gasteiger partial charge < -0.3 is 34.9 Å². The van der Waals surface area contributed by atoms with Gasteiger partial charge in [0.1, 0.15) is 23.8 Å². The van der Waals surface area contributed by atoms with Crippen molar-refractivity contribution in [1.29, 1.82) is 0 Å². The number of aromatic amines is 1. The number of benzene rings is 2. The molecule has 2 aliphatic heterocycles. The van der Waals surface area contributed by atoms with Gasteiger partial charge in [0.2, 0.25) is 0 Å². The minimum atomic E-state index is -0.966. The van der Waals surface area contributed by atoms with Crippen LogP contribution in [0.25, 0.3) is 11.0 Å². The summed E-state index contributed by atoms with van der Waals surface area (Å²) in [6.07, 6.45) is -0.155. The fourth-order valence-electron chi connectivity index (χ4n) is 4.45. The van der Waals surface area contributed by atoms with Crippen molar-refractivity contribution < 1.29 is 19.7 Å². The number of aliphatic hydroxyl groups excluding tert-OH is 2. The summed E-state index contributed by atoms with van der Waals surface area (Å²) in [5.74, 6) is 1.37. The molecule has 1 atom stereocenters. The van der Waals surface area contributed by atoms with E-state index < -0.39 is 6.23 Å². The molecule has 0 aliphatic carbocycles. The molecule has 164 valence electrons. The molecule has 2 aliphatic rings. The van der Waals surface area contributed by atoms with Crippen molar-refractivity contribution >= 4 is 22.4 Å². The minimum absolute atomic E-state index is 0.181. The SMILES string of the molecule is CC1(C)Cc2cc(NC(O)c3cccc4[nH]c(CO)nc34)c(N3CCOCC3)cc2O1. The average Bonchev–Trinajstić information content (AvgIpc) is 3.32. The topological polar surface area (TPSA) is 103 Å². The number of morpholine rings is 1. The summed E-state index contributed by atoms with van der Waals surface area (Å²) in [5, 5.41) is 23.8. The third-order valence-electron chi connectivity index (χ3n) is 5.86. The van der Waals surface area contributed by atoms with Crippen LogP contribution in [0, 0.1) is 0 Å². The largest absolute Gasteiger partial charge is 0.487 e. The van der Waals surface area contributed by atoms with Crippen LogP contribution in [0.15, 0.2) is 30.3 Å². The average molecular weight is 425 g/mol. The van der Waals surface area contributed by atoms with E-state index in [0.717, 1.165) is 47.7 Å². The Labute approximate surface area is 180 Å². The summed E-state index contributed by atoms with van der Waals surface area (Å²) in [5.41, 5.74) is 4.79. The minimum Gasteiger partial charge on any atom is -0.487 e. The molecule has 5 rings (SSSR count). The number of aromatic nitrogens is 2. The maximum Gasteiger partial charge on any atom is 0.153 e. The Morgan fingerprint density at radius 3 is 2.84 bits per heavy atom. The fourth-order valence-corrected chi connectivity index (χ4v) is 4.45. The summed E-state index contributed by atoms with van der Waals surface area (Å²) in [4.78, 5) is 9.76. The second kappa shape index (κ2) is 7.71. The Kier molecular flexibility index (Phi) is 5.00. The number of fused-ring (bicyclic) bond motifs is 2. The van der Waals surface area contributed by atoms with Gasteiger partial charge in [-0.1, -0.05) is 12.1 Å². The summed E-state index contributed by atoms with van der Waals surface area (Å²) in [6.45, 7) is 6.88. The van der Waals surface area contributed by atoms with Gasteiger partial charge in [-0.25, -0.2) is 4.98 Å². The number of rotatable bonds is 5. The molecule has 3 aromatic rings. The predicted molar refractivity (Wildman–Crippen MR) is 118 cm³/mol. The molecule has 8 heteroatoms. The molecule has 0 amide bonds. The standard InChI is InChI=1S/C23H28N4O4/c1-23(2)12-14-10-17(18(11-19(14)31-23)27-6-8-30-9-7-27)25-22(29)15-4-3-5-16-21(15)26-20(13-28)24-16/h3-5,10-11,22,25,28-29H,6-9,12-13H2,1-2H3,(H,24,26). The van der Waals surface area contributed by atoms with Gasteiger partial charge in [-0.15, -0.1) is 0 Å². The summed E-state index contributed by atoms with van der Waals surface area (Å²) >= 11 is 0. The van der Waals surface area contributed by atoms with Crippen LogP contribution in [0.4, 0.5) is 11.4 Å². The van der Waals surface area contributed by atoms with E-state index in [0.29, 0.717) is 30.1 Å². The van der Waals surface area contributed by atoms with Crippen molar-refractivity contribution in [2.24, 2.45) is 0 Å². The number of anilines is 2. The number of ether oxygens (including phenoxy) is 2. The molecule has 4 N–H and O–H groups in total. The van der Waals surface area contributed by atoms with E-state index in [9.17, 15) is 10.2 Å². The third-order valence-corrected chi connectivity index (χ3v) is 5.86. The van der Waals surface area contributed by atoms with Crippen LogP contribution >= 0.6 is 0 Å². The molecule has 0 radical (unpaired) electrons. The lowest BCUT2D eigenvalue weighted by molar-refractivity contribution is 0.122. The van der Waals surface area contributed by atoms with Crippen LogP contribution < -0.4 is 15.0 Å². The number of aliphatic hydroxyl groups is 2. The lowest BCUT2D eigenvalue weighted by atomic mass is 10.0. The van der Waals surface area contributed by atoms with Crippen molar-refractivity contribution in [3.8, 4) is 5.75 Å². The van der Waals surface area contributed by atoms with Crippen molar-refractivity contribution in [1.82, 2.24) is 9.97 Å². The molecule has 1 saturated heterocycles. The number of H-pyrrole nitrogens is 1. The second-order valence-electron chi connectivity index (χ2n) is 8.75. The van der Waals surface area contributed by atoms with Gasteiger partial charge in [0.25, 0.3) is 0 Å². The Hall–Kier alpha value is -2.81. The molecule has 3 heterocycles. The van der Waals surface area contributed by atoms with E-state index in [1.807, 2.05) is 18.2 Å². The highest BCUT2D eigenvalue weighted by Crippen LogP contribution is 2.42. The molecule has 1 aromatic heterocycles. The highest BCUT2D eigenvalue weighted by Gasteiger charge is 2.32. The predicted octanol–water partition coefficient (Wildman–Crippen LogP) is 2.71. The van der Waals surface area contributed by atoms with Gasteiger partial charge in [-0.05, 0) is 26.0 Å². The Morgan fingerprint density at radius 1 is 1.26 bits per heavy atom. The van der Waals surface area contributed by atoms with Gasteiger partial charge in [-0.3, -0.25) is 0 Å². The Bertz CT molecular complexity index is 1100. The van der Waals surface area contributed by atoms with E-state index in [-0.39, 0.29) is 12.2 Å². The smallest absolute Gasteiger partial charge is 0.153 e. The lowest BCUT2D eigenvalue weighted by Crippen LogP contribution is -2.36. The van der Waals surface area contributed by atoms with Crippen LogP contribution in [0.3, 0.4) is 0 Å². The quantitative estimate of drug-likeness (QED) is 0.467. The molecule has 1 fully saturated rings. The molecule has 1 unspecified atom stereocenters. The monoisotopic (exact) mass is 424 g/mol. The summed E-state index contributed by atoms with van der Waals surface area (Å²) in [6, 6.07) is 9.75. The molecular weight excluding hydrogens is 396 g/mol. The van der Waals surface area contributed by atoms with Gasteiger partial charge >= 0.3 is 0 Å². The highest BCUT2D eigenvalue weighted by atomic mass is 16.5. The molecular formula is C23H28N4O4. The van der Waals surface area contributed by atoms with E-state index in [2.05, 4.69) is 46.2 Å². The first kappa shape index (κ1) is 20.1. The maximum atomic E-state index is 11.1. The normalized spacial score (nSPS) is 18.6. The molecule has 0 saturated carbocycles. The molecule has 0 bridgehead atoms. The first-order valence-corrected chi connectivity index (χ1v) is 10.7. The first-order valence-electron chi connectivity index (χ1n) is 10.7. The second-order valence-corrected chi connectivity index (χ2v) is 8.75. The van der Waals surface area contributed by atoms with Crippen molar-refractivity contribution in [3.63, 3.8) is 0 Å². The van der Waals surface area contributed by atoms with E-state index in [1.165, 1.54) is 0 Å². The van der Waals surface area contributed by atoms with E-state index in [4.69, 9.17) is 9.47 Å². The maximum absolute atomic E-state index is 11.1. The third kappa shape index (κ3) is 3.82. The number of imidazole rings is 1. The zero-order valence-corrected chi connectivity index (χ0v) is 17.8. The van der Waals surface area contributed by atoms with Crippen LogP contribution in [-0.2, 0) is 17.8 Å².